The fraction of sp³-hybridized carbons (Fsp3) is 0.286. The number of carbonyl (C=O) groups is 1. The average Bonchev–Trinajstić information content (AvgIpc) is 2.17. The van der Waals surface area contributed by atoms with Crippen molar-refractivity contribution in [3.63, 3.8) is 0 Å². The molecule has 0 aliphatic carbocycles. The minimum atomic E-state index is -0.437. The molecular weight excluding hydrogens is 176 g/mol. The maximum absolute atomic E-state index is 11.0. The molecule has 1 aromatic rings. The maximum Gasteiger partial charge on any atom is 0.356 e. The zero-order valence-corrected chi connectivity index (χ0v) is 7.59. The molecule has 0 saturated heterocycles. The molecule has 1 aromatic heterocycles. The molecule has 0 aliphatic heterocycles. The molecule has 0 fully saturated rings. The zero-order valence-electron chi connectivity index (χ0n) is 6.77. The summed E-state index contributed by atoms with van der Waals surface area (Å²) in [5.41, 5.74) is 0.289. The number of hydrogen-bond donors (Lipinski definition) is 0. The van der Waals surface area contributed by atoms with Gasteiger partial charge >= 0.3 is 5.97 Å². The van der Waals surface area contributed by atoms with Crippen molar-refractivity contribution in [1.29, 1.82) is 0 Å². The first-order chi connectivity index (χ1) is 5.77. The van der Waals surface area contributed by atoms with Crippen molar-refractivity contribution < 1.29 is 9.53 Å². The highest BCUT2D eigenvalue weighted by molar-refractivity contribution is 7.98. The van der Waals surface area contributed by atoms with E-state index in [1.807, 2.05) is 6.26 Å². The SMILES string of the molecule is COC(=O)c1ccnc(SC)n1. The van der Waals surface area contributed by atoms with Crippen LogP contribution in [-0.4, -0.2) is 29.3 Å². The monoisotopic (exact) mass is 184 g/mol. The number of nitrogens with zero attached hydrogens (tertiary/aromatic N) is 2. The Hall–Kier alpha value is -1.10. The van der Waals surface area contributed by atoms with Gasteiger partial charge in [0.1, 0.15) is 0 Å². The lowest BCUT2D eigenvalue weighted by Gasteiger charge is -1.98. The van der Waals surface area contributed by atoms with E-state index in [-0.39, 0.29) is 5.69 Å². The van der Waals surface area contributed by atoms with E-state index in [2.05, 4.69) is 14.7 Å². The Morgan fingerprint density at radius 3 is 3.00 bits per heavy atom. The Morgan fingerprint density at radius 2 is 2.42 bits per heavy atom. The number of esters is 1. The van der Waals surface area contributed by atoms with Crippen LogP contribution < -0.4 is 0 Å². The summed E-state index contributed by atoms with van der Waals surface area (Å²) in [5, 5.41) is 0.568. The van der Waals surface area contributed by atoms with Crippen LogP contribution in [0.4, 0.5) is 0 Å². The van der Waals surface area contributed by atoms with Crippen molar-refractivity contribution in [1.82, 2.24) is 9.97 Å². The van der Waals surface area contributed by atoms with Gasteiger partial charge in [-0.05, 0) is 12.3 Å². The highest BCUT2D eigenvalue weighted by Crippen LogP contribution is 2.07. The fourth-order valence-electron chi connectivity index (χ4n) is 0.657. The molecule has 0 N–H and O–H groups in total. The second-order valence-electron chi connectivity index (χ2n) is 1.92. The first-order valence-corrected chi connectivity index (χ1v) is 4.45. The molecule has 1 rings (SSSR count). The van der Waals surface area contributed by atoms with Gasteiger partial charge in [-0.25, -0.2) is 14.8 Å². The molecular formula is C7H8N2O2S. The van der Waals surface area contributed by atoms with Crippen molar-refractivity contribution in [3.8, 4) is 0 Å². The van der Waals surface area contributed by atoms with Gasteiger partial charge in [0.05, 0.1) is 7.11 Å². The van der Waals surface area contributed by atoms with Crippen LogP contribution >= 0.6 is 11.8 Å². The van der Waals surface area contributed by atoms with Gasteiger partial charge in [-0.1, -0.05) is 11.8 Å². The van der Waals surface area contributed by atoms with Crippen LogP contribution in [0.5, 0.6) is 0 Å². The van der Waals surface area contributed by atoms with Crippen LogP contribution in [0.15, 0.2) is 17.4 Å². The molecule has 0 aromatic carbocycles. The standard InChI is InChI=1S/C7H8N2O2S/c1-11-6(10)5-3-4-8-7(9-5)12-2/h3-4H,1-2H3. The zero-order chi connectivity index (χ0) is 8.97. The third-order valence-electron chi connectivity index (χ3n) is 1.21. The van der Waals surface area contributed by atoms with Gasteiger partial charge in [0.25, 0.3) is 0 Å². The van der Waals surface area contributed by atoms with E-state index in [4.69, 9.17) is 0 Å². The first kappa shape index (κ1) is 8.99. The molecule has 0 saturated carbocycles. The van der Waals surface area contributed by atoms with E-state index < -0.39 is 5.97 Å². The van der Waals surface area contributed by atoms with E-state index in [0.717, 1.165) is 0 Å². The summed E-state index contributed by atoms with van der Waals surface area (Å²) in [6.07, 6.45) is 3.38. The van der Waals surface area contributed by atoms with E-state index in [9.17, 15) is 4.79 Å². The van der Waals surface area contributed by atoms with Crippen LogP contribution in [-0.2, 0) is 4.74 Å². The first-order valence-electron chi connectivity index (χ1n) is 3.23. The van der Waals surface area contributed by atoms with Crippen LogP contribution in [0, 0.1) is 0 Å². The summed E-state index contributed by atoms with van der Waals surface area (Å²) >= 11 is 1.38. The lowest BCUT2D eigenvalue weighted by atomic mass is 10.4. The number of aromatic nitrogens is 2. The molecule has 0 amide bonds. The van der Waals surface area contributed by atoms with Gasteiger partial charge in [-0.3, -0.25) is 0 Å². The molecule has 5 heteroatoms. The summed E-state index contributed by atoms with van der Waals surface area (Å²) in [6, 6.07) is 1.52. The van der Waals surface area contributed by atoms with Gasteiger partial charge in [0, 0.05) is 6.20 Å². The number of hydrogen-bond acceptors (Lipinski definition) is 5. The minimum absolute atomic E-state index is 0.289. The second kappa shape index (κ2) is 4.06. The molecule has 0 spiro atoms. The Balaban J connectivity index is 2.93. The molecule has 0 aliphatic rings. The van der Waals surface area contributed by atoms with Crippen molar-refractivity contribution in [3.05, 3.63) is 18.0 Å². The summed E-state index contributed by atoms with van der Waals surface area (Å²) in [5.74, 6) is -0.437. The van der Waals surface area contributed by atoms with E-state index in [1.54, 1.807) is 0 Å². The fourth-order valence-corrected chi connectivity index (χ4v) is 1.01. The van der Waals surface area contributed by atoms with E-state index in [0.29, 0.717) is 5.16 Å². The number of rotatable bonds is 2. The average molecular weight is 184 g/mol. The predicted octanol–water partition coefficient (Wildman–Crippen LogP) is 0.985. The summed E-state index contributed by atoms with van der Waals surface area (Å²) < 4.78 is 4.50. The Bertz CT molecular complexity index is 290. The Labute approximate surface area is 74.4 Å². The second-order valence-corrected chi connectivity index (χ2v) is 2.69. The van der Waals surface area contributed by atoms with Crippen molar-refractivity contribution in [2.75, 3.05) is 13.4 Å². The predicted molar refractivity (Wildman–Crippen MR) is 45.2 cm³/mol. The minimum Gasteiger partial charge on any atom is -0.464 e. The molecule has 12 heavy (non-hydrogen) atoms. The summed E-state index contributed by atoms with van der Waals surface area (Å²) in [4.78, 5) is 18.8. The van der Waals surface area contributed by atoms with E-state index >= 15 is 0 Å². The maximum atomic E-state index is 11.0. The van der Waals surface area contributed by atoms with Crippen molar-refractivity contribution in [2.45, 2.75) is 5.16 Å². The quantitative estimate of drug-likeness (QED) is 0.389. The van der Waals surface area contributed by atoms with E-state index in [1.165, 1.54) is 31.1 Å². The van der Waals surface area contributed by atoms with Gasteiger partial charge in [-0.2, -0.15) is 0 Å². The van der Waals surface area contributed by atoms with Crippen LogP contribution in [0.1, 0.15) is 10.5 Å². The van der Waals surface area contributed by atoms with Gasteiger partial charge in [-0.15, -0.1) is 0 Å². The third kappa shape index (κ3) is 1.94. The van der Waals surface area contributed by atoms with Crippen LogP contribution in [0.2, 0.25) is 0 Å². The molecule has 0 unspecified atom stereocenters. The molecule has 0 radical (unpaired) electrons. The van der Waals surface area contributed by atoms with Crippen molar-refractivity contribution >= 4 is 17.7 Å². The number of ether oxygens (including phenoxy) is 1. The summed E-state index contributed by atoms with van der Waals surface area (Å²) in [7, 11) is 1.32. The smallest absolute Gasteiger partial charge is 0.356 e. The lowest BCUT2D eigenvalue weighted by Crippen LogP contribution is -2.04. The normalized spacial score (nSPS) is 9.50. The molecule has 64 valence electrons. The lowest BCUT2D eigenvalue weighted by molar-refractivity contribution is 0.0593. The summed E-state index contributed by atoms with van der Waals surface area (Å²) in [6.45, 7) is 0. The number of carbonyl (C=O) groups excluding carboxylic acids is 1. The van der Waals surface area contributed by atoms with Crippen LogP contribution in [0.25, 0.3) is 0 Å². The molecule has 4 nitrogen and oxygen atoms in total. The molecule has 0 atom stereocenters. The highest BCUT2D eigenvalue weighted by atomic mass is 32.2. The number of methoxy groups -OCH3 is 1. The molecule has 1 heterocycles. The van der Waals surface area contributed by atoms with Crippen LogP contribution in [0.3, 0.4) is 0 Å². The van der Waals surface area contributed by atoms with Crippen molar-refractivity contribution in [2.24, 2.45) is 0 Å². The van der Waals surface area contributed by atoms with Gasteiger partial charge < -0.3 is 4.74 Å². The largest absolute Gasteiger partial charge is 0.464 e. The Morgan fingerprint density at radius 1 is 1.67 bits per heavy atom. The Kier molecular flexibility index (Phi) is 3.04. The third-order valence-corrected chi connectivity index (χ3v) is 1.77. The highest BCUT2D eigenvalue weighted by Gasteiger charge is 2.06. The van der Waals surface area contributed by atoms with Gasteiger partial charge in [0.2, 0.25) is 0 Å². The molecule has 0 bridgehead atoms. The van der Waals surface area contributed by atoms with Gasteiger partial charge in [0.15, 0.2) is 10.9 Å². The number of thioether (sulfide) groups is 1. The topological polar surface area (TPSA) is 52.1 Å².